The number of esters is 3. The van der Waals surface area contributed by atoms with Gasteiger partial charge in [-0.25, -0.2) is 0 Å². The first-order valence-corrected chi connectivity index (χ1v) is 33.9. The Morgan fingerprint density at radius 2 is 0.500 bits per heavy atom. The van der Waals surface area contributed by atoms with Crippen molar-refractivity contribution in [1.29, 1.82) is 0 Å². The third kappa shape index (κ3) is 64.9. The van der Waals surface area contributed by atoms with E-state index in [2.05, 4.69) is 130 Å². The molecule has 0 radical (unpaired) electrons. The number of rotatable bonds is 61. The molecular weight excluding hydrogens is 985 g/mol. The Kier molecular flexibility index (Phi) is 64.3. The second-order valence-corrected chi connectivity index (χ2v) is 22.4. The maximum absolute atomic E-state index is 12.9. The molecule has 0 amide bonds. The highest BCUT2D eigenvalue weighted by molar-refractivity contribution is 5.71. The van der Waals surface area contributed by atoms with Crippen LogP contribution in [0.15, 0.2) is 109 Å². The van der Waals surface area contributed by atoms with Crippen LogP contribution in [-0.2, 0) is 28.6 Å². The number of carbonyl (C=O) groups excluding carboxylic acids is 3. The SMILES string of the molecule is CC/C=C\C/C=C\C/C=C\C/C=C\C/C=C\C/C=C\C/C=C\CCCC(=O)OC(COC(=O)CCCCCCCCCCCC)COC(=O)CCCCCCCCCCCCCCCCCCC/C=C\C/C=C\CCCCCCC. The van der Waals surface area contributed by atoms with E-state index >= 15 is 0 Å². The molecule has 0 spiro atoms. The van der Waals surface area contributed by atoms with Crippen molar-refractivity contribution >= 4 is 17.9 Å². The van der Waals surface area contributed by atoms with Crippen LogP contribution in [0.5, 0.6) is 0 Å². The van der Waals surface area contributed by atoms with Gasteiger partial charge >= 0.3 is 17.9 Å². The lowest BCUT2D eigenvalue weighted by atomic mass is 10.0. The molecule has 0 aromatic heterocycles. The van der Waals surface area contributed by atoms with E-state index in [1.54, 1.807) is 0 Å². The van der Waals surface area contributed by atoms with Crippen LogP contribution >= 0.6 is 0 Å². The molecule has 1 atom stereocenters. The van der Waals surface area contributed by atoms with Crippen LogP contribution < -0.4 is 0 Å². The number of hydrogen-bond donors (Lipinski definition) is 0. The Morgan fingerprint density at radius 3 is 0.800 bits per heavy atom. The summed E-state index contributed by atoms with van der Waals surface area (Å²) in [5.41, 5.74) is 0. The van der Waals surface area contributed by atoms with Crippen molar-refractivity contribution in [3.63, 3.8) is 0 Å². The molecule has 0 aromatic carbocycles. The summed E-state index contributed by atoms with van der Waals surface area (Å²) in [5.74, 6) is -0.951. The summed E-state index contributed by atoms with van der Waals surface area (Å²) in [5, 5.41) is 0. The van der Waals surface area contributed by atoms with Crippen LogP contribution in [-0.4, -0.2) is 37.2 Å². The molecular formula is C74H126O6. The largest absolute Gasteiger partial charge is 0.462 e. The Morgan fingerprint density at radius 1 is 0.263 bits per heavy atom. The van der Waals surface area contributed by atoms with Crippen LogP contribution in [0.2, 0.25) is 0 Å². The maximum Gasteiger partial charge on any atom is 0.306 e. The molecule has 0 bridgehead atoms. The summed E-state index contributed by atoms with van der Waals surface area (Å²) in [6.07, 6.45) is 92.7. The van der Waals surface area contributed by atoms with Crippen molar-refractivity contribution in [3.8, 4) is 0 Å². The normalized spacial score (nSPS) is 12.8. The summed E-state index contributed by atoms with van der Waals surface area (Å²) < 4.78 is 16.9. The highest BCUT2D eigenvalue weighted by Crippen LogP contribution is 2.17. The Bertz CT molecular complexity index is 1610. The van der Waals surface area contributed by atoms with Crippen LogP contribution in [0, 0.1) is 0 Å². The Labute approximate surface area is 495 Å². The van der Waals surface area contributed by atoms with Crippen LogP contribution in [0.1, 0.15) is 323 Å². The summed E-state index contributed by atoms with van der Waals surface area (Å²) in [6, 6.07) is 0. The van der Waals surface area contributed by atoms with Gasteiger partial charge < -0.3 is 14.2 Å². The summed E-state index contributed by atoms with van der Waals surface area (Å²) in [4.78, 5) is 38.3. The third-order valence-electron chi connectivity index (χ3n) is 14.5. The molecule has 0 saturated carbocycles. The fourth-order valence-electron chi connectivity index (χ4n) is 9.46. The van der Waals surface area contributed by atoms with Crippen LogP contribution in [0.4, 0.5) is 0 Å². The molecule has 0 rings (SSSR count). The molecule has 0 N–H and O–H groups in total. The van der Waals surface area contributed by atoms with E-state index in [-0.39, 0.29) is 37.5 Å². The van der Waals surface area contributed by atoms with Gasteiger partial charge in [-0.1, -0.05) is 310 Å². The lowest BCUT2D eigenvalue weighted by Gasteiger charge is -2.18. The first kappa shape index (κ1) is 76.1. The van der Waals surface area contributed by atoms with Crippen LogP contribution in [0.25, 0.3) is 0 Å². The van der Waals surface area contributed by atoms with Gasteiger partial charge in [0.05, 0.1) is 0 Å². The zero-order valence-corrected chi connectivity index (χ0v) is 52.6. The second-order valence-electron chi connectivity index (χ2n) is 22.4. The predicted octanol–water partition coefficient (Wildman–Crippen LogP) is 23.4. The molecule has 0 saturated heterocycles. The average molecular weight is 1110 g/mol. The monoisotopic (exact) mass is 1110 g/mol. The van der Waals surface area contributed by atoms with Gasteiger partial charge in [0, 0.05) is 19.3 Å². The fraction of sp³-hybridized carbons (Fsp3) is 0.716. The first-order chi connectivity index (χ1) is 39.5. The zero-order valence-electron chi connectivity index (χ0n) is 52.6. The van der Waals surface area contributed by atoms with Crippen LogP contribution in [0.3, 0.4) is 0 Å². The van der Waals surface area contributed by atoms with E-state index in [0.717, 1.165) is 96.3 Å². The van der Waals surface area contributed by atoms with E-state index in [9.17, 15) is 14.4 Å². The van der Waals surface area contributed by atoms with Crippen molar-refractivity contribution in [2.75, 3.05) is 13.2 Å². The van der Waals surface area contributed by atoms with Gasteiger partial charge in [0.25, 0.3) is 0 Å². The molecule has 0 fully saturated rings. The predicted molar refractivity (Wildman–Crippen MR) is 348 cm³/mol. The quantitative estimate of drug-likeness (QED) is 0.0261. The van der Waals surface area contributed by atoms with Gasteiger partial charge in [0.1, 0.15) is 13.2 Å². The van der Waals surface area contributed by atoms with Crippen molar-refractivity contribution < 1.29 is 28.6 Å². The molecule has 0 aliphatic carbocycles. The lowest BCUT2D eigenvalue weighted by molar-refractivity contribution is -0.167. The third-order valence-corrected chi connectivity index (χ3v) is 14.5. The minimum atomic E-state index is -0.808. The molecule has 0 aliphatic rings. The number of allylic oxidation sites excluding steroid dienone is 18. The van der Waals surface area contributed by atoms with Crippen molar-refractivity contribution in [2.45, 2.75) is 329 Å². The number of hydrogen-bond acceptors (Lipinski definition) is 6. The minimum Gasteiger partial charge on any atom is -0.462 e. The standard InChI is InChI=1S/C74H126O6/c1-4-7-10-13-16-19-22-24-26-28-30-32-34-35-36-37-38-39-41-42-44-46-48-50-52-55-58-61-64-67-73(76)79-70-71(69-78-72(75)66-63-60-57-54-21-18-15-12-9-6-3)80-74(77)68-65-62-59-56-53-51-49-47-45-43-40-33-31-29-27-25-23-20-17-14-11-8-5-2/h8,11,17,20,22,24-25,27-28,30-31,33,43,45,49,51,56,59,71H,4-7,9-10,12-16,18-19,21,23,26,29,32,34-42,44,46-48,50,52-55,57-58,60-70H2,1-3H3/b11-8-,20-17-,24-22-,27-25-,30-28-,33-31-,45-43-,51-49-,59-56-. The number of ether oxygens (including phenoxy) is 3. The molecule has 80 heavy (non-hydrogen) atoms. The molecule has 0 heterocycles. The van der Waals surface area contributed by atoms with Gasteiger partial charge in [0.15, 0.2) is 6.10 Å². The number of carbonyl (C=O) groups is 3. The van der Waals surface area contributed by atoms with E-state index < -0.39 is 6.10 Å². The van der Waals surface area contributed by atoms with Crippen molar-refractivity contribution in [1.82, 2.24) is 0 Å². The van der Waals surface area contributed by atoms with Gasteiger partial charge in [0.2, 0.25) is 0 Å². The van der Waals surface area contributed by atoms with E-state index in [0.29, 0.717) is 19.3 Å². The molecule has 6 heteroatoms. The van der Waals surface area contributed by atoms with Crippen molar-refractivity contribution in [2.24, 2.45) is 0 Å². The fourth-order valence-corrected chi connectivity index (χ4v) is 9.46. The molecule has 458 valence electrons. The Balaban J connectivity index is 4.27. The van der Waals surface area contributed by atoms with Gasteiger partial charge in [-0.2, -0.15) is 0 Å². The van der Waals surface area contributed by atoms with E-state index in [1.807, 2.05) is 0 Å². The Hall–Kier alpha value is -3.93. The van der Waals surface area contributed by atoms with Gasteiger partial charge in [-0.3, -0.25) is 14.4 Å². The topological polar surface area (TPSA) is 78.9 Å². The van der Waals surface area contributed by atoms with E-state index in [4.69, 9.17) is 14.2 Å². The lowest BCUT2D eigenvalue weighted by Crippen LogP contribution is -2.30. The molecule has 0 aromatic rings. The zero-order chi connectivity index (χ0) is 57.8. The number of unbranched alkanes of at least 4 members (excludes halogenated alkanes) is 32. The van der Waals surface area contributed by atoms with E-state index in [1.165, 1.54) is 180 Å². The molecule has 0 aliphatic heterocycles. The second kappa shape index (κ2) is 67.6. The maximum atomic E-state index is 12.9. The highest BCUT2D eigenvalue weighted by atomic mass is 16.6. The molecule has 1 unspecified atom stereocenters. The molecule has 6 nitrogen and oxygen atoms in total. The summed E-state index contributed by atoms with van der Waals surface area (Å²) >= 11 is 0. The van der Waals surface area contributed by atoms with Crippen molar-refractivity contribution in [3.05, 3.63) is 109 Å². The highest BCUT2D eigenvalue weighted by Gasteiger charge is 2.19. The minimum absolute atomic E-state index is 0.0989. The van der Waals surface area contributed by atoms with Gasteiger partial charge in [-0.05, 0) is 103 Å². The average Bonchev–Trinajstić information content (AvgIpc) is 3.46. The smallest absolute Gasteiger partial charge is 0.306 e. The van der Waals surface area contributed by atoms with Gasteiger partial charge in [-0.15, -0.1) is 0 Å². The first-order valence-electron chi connectivity index (χ1n) is 33.9. The summed E-state index contributed by atoms with van der Waals surface area (Å²) in [6.45, 7) is 6.48. The summed E-state index contributed by atoms with van der Waals surface area (Å²) in [7, 11) is 0.